The van der Waals surface area contributed by atoms with E-state index in [-0.39, 0.29) is 0 Å². The lowest BCUT2D eigenvalue weighted by Gasteiger charge is -1.91. The average Bonchev–Trinajstić information content (AvgIpc) is 2.17. The van der Waals surface area contributed by atoms with E-state index in [0.29, 0.717) is 0 Å². The summed E-state index contributed by atoms with van der Waals surface area (Å²) in [6, 6.07) is 0. The maximum Gasteiger partial charge on any atom is 0.0770 e. The van der Waals surface area contributed by atoms with Gasteiger partial charge in [-0.15, -0.1) is 0 Å². The van der Waals surface area contributed by atoms with Crippen molar-refractivity contribution in [1.82, 2.24) is 9.78 Å². The summed E-state index contributed by atoms with van der Waals surface area (Å²) < 4.78 is 1.76. The summed E-state index contributed by atoms with van der Waals surface area (Å²) >= 11 is 0. The molecule has 0 aliphatic rings. The number of hydrogen-bond acceptors (Lipinski definition) is 3. The van der Waals surface area contributed by atoms with E-state index in [0.717, 1.165) is 17.0 Å². The van der Waals surface area contributed by atoms with Crippen LogP contribution < -0.4 is 0 Å². The van der Waals surface area contributed by atoms with Gasteiger partial charge in [-0.05, 0) is 13.8 Å². The smallest absolute Gasteiger partial charge is 0.0770 e. The van der Waals surface area contributed by atoms with Crippen molar-refractivity contribution < 1.29 is 5.21 Å². The van der Waals surface area contributed by atoms with E-state index in [9.17, 15) is 0 Å². The lowest BCUT2D eigenvalue weighted by Crippen LogP contribution is -1.93. The average molecular weight is 153 g/mol. The second-order valence-electron chi connectivity index (χ2n) is 2.45. The highest BCUT2D eigenvalue weighted by Gasteiger charge is 2.05. The highest BCUT2D eigenvalue weighted by molar-refractivity contribution is 5.81. The highest BCUT2D eigenvalue weighted by atomic mass is 16.4. The summed E-state index contributed by atoms with van der Waals surface area (Å²) in [5.41, 5.74) is 2.76. The molecule has 0 fully saturated rings. The molecule has 0 saturated carbocycles. The molecule has 0 aliphatic carbocycles. The Labute approximate surface area is 65.1 Å². The maximum absolute atomic E-state index is 8.31. The molecule has 1 aromatic rings. The van der Waals surface area contributed by atoms with Gasteiger partial charge in [-0.1, -0.05) is 5.16 Å². The molecule has 4 heteroatoms. The summed E-state index contributed by atoms with van der Waals surface area (Å²) in [4.78, 5) is 0. The number of hydrogen-bond donors (Lipinski definition) is 1. The first-order valence-corrected chi connectivity index (χ1v) is 3.34. The van der Waals surface area contributed by atoms with Gasteiger partial charge in [0.1, 0.15) is 0 Å². The van der Waals surface area contributed by atoms with Crippen LogP contribution in [0.25, 0.3) is 0 Å². The van der Waals surface area contributed by atoms with Gasteiger partial charge >= 0.3 is 0 Å². The van der Waals surface area contributed by atoms with Crippen molar-refractivity contribution in [1.29, 1.82) is 0 Å². The van der Waals surface area contributed by atoms with Crippen molar-refractivity contribution >= 4 is 6.21 Å². The van der Waals surface area contributed by atoms with Crippen molar-refractivity contribution in [2.75, 3.05) is 0 Å². The predicted molar refractivity (Wildman–Crippen MR) is 42.1 cm³/mol. The van der Waals surface area contributed by atoms with Crippen LogP contribution in [-0.4, -0.2) is 21.2 Å². The zero-order valence-corrected chi connectivity index (χ0v) is 6.87. The summed E-state index contributed by atoms with van der Waals surface area (Å²) in [6.45, 7) is 3.81. The molecular weight excluding hydrogens is 142 g/mol. The first-order valence-electron chi connectivity index (χ1n) is 3.34. The van der Waals surface area contributed by atoms with Crippen molar-refractivity contribution in [3.05, 3.63) is 17.0 Å². The Balaban J connectivity index is 3.22. The van der Waals surface area contributed by atoms with Gasteiger partial charge in [0, 0.05) is 18.3 Å². The first-order chi connectivity index (χ1) is 5.16. The number of oxime groups is 1. The third kappa shape index (κ3) is 1.24. The summed E-state index contributed by atoms with van der Waals surface area (Å²) in [5, 5.41) is 15.4. The first kappa shape index (κ1) is 7.78. The van der Waals surface area contributed by atoms with Gasteiger partial charge in [0.15, 0.2) is 0 Å². The molecule has 11 heavy (non-hydrogen) atoms. The molecule has 1 N–H and O–H groups in total. The normalized spacial score (nSPS) is 11.2. The van der Waals surface area contributed by atoms with E-state index >= 15 is 0 Å². The quantitative estimate of drug-likeness (QED) is 0.369. The maximum atomic E-state index is 8.31. The zero-order chi connectivity index (χ0) is 8.43. The fourth-order valence-corrected chi connectivity index (χ4v) is 1.03. The topological polar surface area (TPSA) is 50.4 Å². The minimum atomic E-state index is 0.878. The highest BCUT2D eigenvalue weighted by Crippen LogP contribution is 2.08. The number of aryl methyl sites for hydroxylation is 2. The van der Waals surface area contributed by atoms with Gasteiger partial charge < -0.3 is 5.21 Å². The molecule has 0 atom stereocenters. The molecule has 4 nitrogen and oxygen atoms in total. The summed E-state index contributed by atoms with van der Waals surface area (Å²) in [6.07, 6.45) is 1.40. The van der Waals surface area contributed by atoms with E-state index in [1.54, 1.807) is 4.68 Å². The molecule has 0 spiro atoms. The summed E-state index contributed by atoms with van der Waals surface area (Å²) in [5.74, 6) is 0. The fraction of sp³-hybridized carbons (Fsp3) is 0.429. The van der Waals surface area contributed by atoms with Gasteiger partial charge in [0.05, 0.1) is 11.9 Å². The van der Waals surface area contributed by atoms with Gasteiger partial charge in [-0.3, -0.25) is 4.68 Å². The molecule has 0 aliphatic heterocycles. The molecule has 0 amide bonds. The van der Waals surface area contributed by atoms with E-state index in [4.69, 9.17) is 5.21 Å². The molecule has 0 aromatic carbocycles. The SMILES string of the molecule is Cc1nn(C)c(C)c1/C=N\O. The number of rotatable bonds is 1. The second kappa shape index (κ2) is 2.74. The largest absolute Gasteiger partial charge is 0.411 e. The van der Waals surface area contributed by atoms with Crippen molar-refractivity contribution in [2.45, 2.75) is 13.8 Å². The Bertz CT molecular complexity index is 288. The van der Waals surface area contributed by atoms with Crippen LogP contribution in [0.4, 0.5) is 0 Å². The van der Waals surface area contributed by atoms with Crippen molar-refractivity contribution in [2.24, 2.45) is 12.2 Å². The van der Waals surface area contributed by atoms with E-state index in [1.165, 1.54) is 6.21 Å². The van der Waals surface area contributed by atoms with E-state index < -0.39 is 0 Å². The molecule has 0 bridgehead atoms. The lowest BCUT2D eigenvalue weighted by molar-refractivity contribution is 0.322. The van der Waals surface area contributed by atoms with Crippen LogP contribution in [0.15, 0.2) is 5.16 Å². The molecule has 1 heterocycles. The van der Waals surface area contributed by atoms with E-state index in [1.807, 2.05) is 20.9 Å². The molecule has 60 valence electrons. The van der Waals surface area contributed by atoms with Crippen molar-refractivity contribution in [3.8, 4) is 0 Å². The zero-order valence-electron chi connectivity index (χ0n) is 6.87. The minimum absolute atomic E-state index is 0.878. The predicted octanol–water partition coefficient (Wildman–Crippen LogP) is 0.845. The van der Waals surface area contributed by atoms with Crippen LogP contribution in [0, 0.1) is 13.8 Å². The molecule has 0 saturated heterocycles. The van der Waals surface area contributed by atoms with Crippen LogP contribution in [0.1, 0.15) is 17.0 Å². The monoisotopic (exact) mass is 153 g/mol. The Kier molecular flexibility index (Phi) is 1.94. The van der Waals surface area contributed by atoms with Crippen LogP contribution in [-0.2, 0) is 7.05 Å². The Morgan fingerprint density at radius 2 is 2.18 bits per heavy atom. The van der Waals surface area contributed by atoms with Gasteiger partial charge in [-0.25, -0.2) is 0 Å². The lowest BCUT2D eigenvalue weighted by atomic mass is 10.2. The number of aromatic nitrogens is 2. The third-order valence-electron chi connectivity index (χ3n) is 1.75. The Morgan fingerprint density at radius 3 is 2.55 bits per heavy atom. The number of nitrogens with zero attached hydrogens (tertiary/aromatic N) is 3. The molecule has 1 rings (SSSR count). The van der Waals surface area contributed by atoms with Crippen LogP contribution in [0.2, 0.25) is 0 Å². The molecule has 0 radical (unpaired) electrons. The molecular formula is C7H11N3O. The van der Waals surface area contributed by atoms with Crippen LogP contribution in [0.5, 0.6) is 0 Å². The molecule has 1 aromatic heterocycles. The second-order valence-corrected chi connectivity index (χ2v) is 2.45. The summed E-state index contributed by atoms with van der Waals surface area (Å²) in [7, 11) is 1.86. The Morgan fingerprint density at radius 1 is 1.55 bits per heavy atom. The van der Waals surface area contributed by atoms with Crippen LogP contribution in [0.3, 0.4) is 0 Å². The van der Waals surface area contributed by atoms with Crippen molar-refractivity contribution in [3.63, 3.8) is 0 Å². The Hall–Kier alpha value is -1.32. The third-order valence-corrected chi connectivity index (χ3v) is 1.75. The van der Waals surface area contributed by atoms with Gasteiger partial charge in [0.2, 0.25) is 0 Å². The van der Waals surface area contributed by atoms with Gasteiger partial charge in [-0.2, -0.15) is 5.10 Å². The van der Waals surface area contributed by atoms with Gasteiger partial charge in [0.25, 0.3) is 0 Å². The van der Waals surface area contributed by atoms with Crippen LogP contribution >= 0.6 is 0 Å². The van der Waals surface area contributed by atoms with E-state index in [2.05, 4.69) is 10.3 Å². The fourth-order valence-electron chi connectivity index (χ4n) is 1.03. The minimum Gasteiger partial charge on any atom is -0.411 e. The molecule has 0 unspecified atom stereocenters. The standard InChI is InChI=1S/C7H11N3O/c1-5-7(4-8-11)6(2)10(3)9-5/h4,11H,1-3H3/b8-4-.